The maximum absolute atomic E-state index is 12.5. The molecule has 0 spiro atoms. The first-order valence-corrected chi connectivity index (χ1v) is 13.3. The SMILES string of the molecule is CS(=O)(=O)N(CC(=O)Nc1ccc(S(=O)(=O)Nc2cccnc2)cc1)c1cccc(Cl)c1Cl. The fourth-order valence-corrected chi connectivity index (χ4v) is 5.10. The maximum atomic E-state index is 12.5. The number of nitrogens with zero attached hydrogens (tertiary/aromatic N) is 2. The third kappa shape index (κ3) is 6.35. The molecule has 1 aromatic heterocycles. The van der Waals surface area contributed by atoms with Gasteiger partial charge in [0.15, 0.2) is 0 Å². The molecule has 9 nitrogen and oxygen atoms in total. The fraction of sp³-hybridized carbons (Fsp3) is 0.100. The van der Waals surface area contributed by atoms with Crippen molar-refractivity contribution in [2.24, 2.45) is 0 Å². The Labute approximate surface area is 201 Å². The van der Waals surface area contributed by atoms with E-state index in [1.165, 1.54) is 54.9 Å². The smallest absolute Gasteiger partial charge is 0.261 e. The van der Waals surface area contributed by atoms with Crippen LogP contribution in [0.4, 0.5) is 17.1 Å². The first kappa shape index (κ1) is 24.8. The molecule has 0 fully saturated rings. The van der Waals surface area contributed by atoms with Gasteiger partial charge < -0.3 is 5.32 Å². The second kappa shape index (κ2) is 9.96. The van der Waals surface area contributed by atoms with Gasteiger partial charge >= 0.3 is 0 Å². The Bertz CT molecular complexity index is 1370. The molecule has 0 bridgehead atoms. The molecule has 0 saturated carbocycles. The molecule has 1 heterocycles. The first-order chi connectivity index (χ1) is 15.5. The van der Waals surface area contributed by atoms with E-state index in [4.69, 9.17) is 23.2 Å². The molecule has 2 aromatic carbocycles. The highest BCUT2D eigenvalue weighted by Gasteiger charge is 2.24. The Kier molecular flexibility index (Phi) is 7.48. The molecule has 13 heteroatoms. The summed E-state index contributed by atoms with van der Waals surface area (Å²) in [6.07, 6.45) is 3.82. The van der Waals surface area contributed by atoms with E-state index in [2.05, 4.69) is 15.0 Å². The van der Waals surface area contributed by atoms with Crippen LogP contribution >= 0.6 is 23.2 Å². The summed E-state index contributed by atoms with van der Waals surface area (Å²) in [6.45, 7) is -0.568. The number of halogens is 2. The van der Waals surface area contributed by atoms with Gasteiger partial charge in [-0.3, -0.25) is 18.8 Å². The molecule has 0 aliphatic rings. The zero-order valence-electron chi connectivity index (χ0n) is 17.1. The lowest BCUT2D eigenvalue weighted by Crippen LogP contribution is -2.37. The molecule has 2 N–H and O–H groups in total. The highest BCUT2D eigenvalue weighted by Crippen LogP contribution is 2.33. The standard InChI is InChI=1S/C20H18Cl2N4O5S2/c1-32(28,29)26(18-6-2-5-17(21)20(18)22)13-19(27)24-14-7-9-16(10-8-14)33(30,31)25-15-4-3-11-23-12-15/h2-12,25H,13H2,1H3,(H,24,27). The number of carbonyl (C=O) groups excluding carboxylic acids is 1. The summed E-state index contributed by atoms with van der Waals surface area (Å²) in [4.78, 5) is 16.3. The molecule has 0 aliphatic carbocycles. The molecule has 3 aromatic rings. The van der Waals surface area contributed by atoms with E-state index in [9.17, 15) is 21.6 Å². The van der Waals surface area contributed by atoms with Crippen molar-refractivity contribution in [1.82, 2.24) is 4.98 Å². The van der Waals surface area contributed by atoms with Gasteiger partial charge in [0.2, 0.25) is 15.9 Å². The summed E-state index contributed by atoms with van der Waals surface area (Å²) < 4.78 is 52.7. The molecule has 174 valence electrons. The highest BCUT2D eigenvalue weighted by atomic mass is 35.5. The molecule has 0 saturated heterocycles. The van der Waals surface area contributed by atoms with Crippen LogP contribution in [-0.4, -0.2) is 40.5 Å². The second-order valence-corrected chi connectivity index (χ2v) is 11.1. The Balaban J connectivity index is 1.74. The van der Waals surface area contributed by atoms with Crippen molar-refractivity contribution in [3.8, 4) is 0 Å². The van der Waals surface area contributed by atoms with Crippen molar-refractivity contribution in [2.75, 3.05) is 27.1 Å². The summed E-state index contributed by atoms with van der Waals surface area (Å²) >= 11 is 12.1. The first-order valence-electron chi connectivity index (χ1n) is 9.22. The number of rotatable bonds is 8. The van der Waals surface area contributed by atoms with Gasteiger partial charge in [0.25, 0.3) is 10.0 Å². The van der Waals surface area contributed by atoms with E-state index in [1.54, 1.807) is 12.1 Å². The van der Waals surface area contributed by atoms with E-state index >= 15 is 0 Å². The summed E-state index contributed by atoms with van der Waals surface area (Å²) in [5.74, 6) is -0.666. The average molecular weight is 529 g/mol. The molecule has 0 radical (unpaired) electrons. The van der Waals surface area contributed by atoms with E-state index in [1.807, 2.05) is 0 Å². The van der Waals surface area contributed by atoms with Crippen LogP contribution in [0.2, 0.25) is 10.0 Å². The van der Waals surface area contributed by atoms with Gasteiger partial charge in [-0.25, -0.2) is 16.8 Å². The molecular formula is C20H18Cl2N4O5S2. The molecule has 1 amide bonds. The summed E-state index contributed by atoms with van der Waals surface area (Å²) in [5, 5.41) is 2.66. The maximum Gasteiger partial charge on any atom is 0.261 e. The van der Waals surface area contributed by atoms with Crippen LogP contribution in [0.1, 0.15) is 0 Å². The van der Waals surface area contributed by atoms with Crippen LogP contribution in [0.25, 0.3) is 0 Å². The van der Waals surface area contributed by atoms with Gasteiger partial charge in [0, 0.05) is 11.9 Å². The number of carbonyl (C=O) groups is 1. The lowest BCUT2D eigenvalue weighted by atomic mass is 10.3. The van der Waals surface area contributed by atoms with E-state index in [0.29, 0.717) is 5.69 Å². The van der Waals surface area contributed by atoms with Crippen LogP contribution in [0.3, 0.4) is 0 Å². The van der Waals surface area contributed by atoms with Crippen LogP contribution in [-0.2, 0) is 24.8 Å². The predicted octanol–water partition coefficient (Wildman–Crippen LogP) is 3.59. The van der Waals surface area contributed by atoms with Crippen LogP contribution in [0.5, 0.6) is 0 Å². The Morgan fingerprint density at radius 3 is 2.27 bits per heavy atom. The van der Waals surface area contributed by atoms with Crippen molar-refractivity contribution in [3.05, 3.63) is 77.0 Å². The van der Waals surface area contributed by atoms with E-state index in [0.717, 1.165) is 10.6 Å². The molecule has 33 heavy (non-hydrogen) atoms. The average Bonchev–Trinajstić information content (AvgIpc) is 2.74. The van der Waals surface area contributed by atoms with Crippen LogP contribution < -0.4 is 14.3 Å². The largest absolute Gasteiger partial charge is 0.325 e. The normalized spacial score (nSPS) is 11.6. The number of pyridine rings is 1. The third-order valence-electron chi connectivity index (χ3n) is 4.25. The quantitative estimate of drug-likeness (QED) is 0.460. The van der Waals surface area contributed by atoms with Gasteiger partial charge in [0.1, 0.15) is 6.54 Å². The molecular weight excluding hydrogens is 511 g/mol. The van der Waals surface area contributed by atoms with Gasteiger partial charge in [-0.1, -0.05) is 29.3 Å². The van der Waals surface area contributed by atoms with Crippen LogP contribution in [0, 0.1) is 0 Å². The lowest BCUT2D eigenvalue weighted by Gasteiger charge is -2.23. The number of nitrogens with one attached hydrogen (secondary N) is 2. The zero-order valence-corrected chi connectivity index (χ0v) is 20.2. The number of anilines is 3. The lowest BCUT2D eigenvalue weighted by molar-refractivity contribution is -0.114. The summed E-state index contributed by atoms with van der Waals surface area (Å²) in [6, 6.07) is 12.9. The van der Waals surface area contributed by atoms with Crippen molar-refractivity contribution in [1.29, 1.82) is 0 Å². The fourth-order valence-electron chi connectivity index (χ4n) is 2.75. The van der Waals surface area contributed by atoms with Crippen molar-refractivity contribution < 1.29 is 21.6 Å². The van der Waals surface area contributed by atoms with Gasteiger partial charge in [-0.15, -0.1) is 0 Å². The summed E-state index contributed by atoms with van der Waals surface area (Å²) in [7, 11) is -7.72. The Morgan fingerprint density at radius 2 is 1.67 bits per heavy atom. The summed E-state index contributed by atoms with van der Waals surface area (Å²) in [5.41, 5.74) is 0.631. The van der Waals surface area contributed by atoms with Gasteiger partial charge in [0.05, 0.1) is 38.8 Å². The monoisotopic (exact) mass is 528 g/mol. The molecule has 0 unspecified atom stereocenters. The third-order valence-corrected chi connectivity index (χ3v) is 7.58. The number of benzene rings is 2. The number of sulfonamides is 2. The molecule has 0 aliphatic heterocycles. The van der Waals surface area contributed by atoms with E-state index < -0.39 is 32.5 Å². The zero-order chi connectivity index (χ0) is 24.2. The molecule has 0 atom stereocenters. The Hall–Kier alpha value is -2.86. The minimum Gasteiger partial charge on any atom is -0.325 e. The number of aromatic nitrogens is 1. The number of hydrogen-bond donors (Lipinski definition) is 2. The number of amides is 1. The van der Waals surface area contributed by atoms with E-state index in [-0.39, 0.29) is 26.3 Å². The van der Waals surface area contributed by atoms with Crippen molar-refractivity contribution in [3.63, 3.8) is 0 Å². The number of hydrogen-bond acceptors (Lipinski definition) is 6. The van der Waals surface area contributed by atoms with Gasteiger partial charge in [-0.2, -0.15) is 0 Å². The predicted molar refractivity (Wildman–Crippen MR) is 129 cm³/mol. The molecule has 3 rings (SSSR count). The Morgan fingerprint density at radius 1 is 0.970 bits per heavy atom. The van der Waals surface area contributed by atoms with Crippen molar-refractivity contribution in [2.45, 2.75) is 4.90 Å². The minimum atomic E-state index is -3.86. The van der Waals surface area contributed by atoms with Crippen molar-refractivity contribution >= 4 is 66.2 Å². The van der Waals surface area contributed by atoms with Gasteiger partial charge in [-0.05, 0) is 48.5 Å². The minimum absolute atomic E-state index is 0.00642. The highest BCUT2D eigenvalue weighted by molar-refractivity contribution is 7.92. The van der Waals surface area contributed by atoms with Crippen LogP contribution in [0.15, 0.2) is 71.9 Å². The topological polar surface area (TPSA) is 126 Å². The second-order valence-electron chi connectivity index (χ2n) is 6.76.